The number of benzene rings is 1. The molecule has 0 saturated heterocycles. The van der Waals surface area contributed by atoms with Crippen molar-refractivity contribution in [3.63, 3.8) is 0 Å². The van der Waals surface area contributed by atoms with Gasteiger partial charge < -0.3 is 19.9 Å². The first-order valence-electron chi connectivity index (χ1n) is 11.0. The van der Waals surface area contributed by atoms with Crippen LogP contribution in [0.2, 0.25) is 0 Å². The highest BCUT2D eigenvalue weighted by atomic mass is 32.1. The Morgan fingerprint density at radius 2 is 1.97 bits per heavy atom. The average molecular weight is 444 g/mol. The monoisotopic (exact) mass is 443 g/mol. The normalized spacial score (nSPS) is 16.5. The Morgan fingerprint density at radius 3 is 2.65 bits per heavy atom. The third-order valence-corrected chi connectivity index (χ3v) is 6.66. The molecule has 1 aliphatic heterocycles. The summed E-state index contributed by atoms with van der Waals surface area (Å²) < 4.78 is 6.04. The number of thiophene rings is 1. The lowest BCUT2D eigenvalue weighted by atomic mass is 10.00. The first kappa shape index (κ1) is 23.1. The SMILES string of the molecule is CCC(C)N(CC(=O)N1CCc2sccc2C1COc1ccccc1)C(=O)NC(C)C. The van der Waals surface area contributed by atoms with E-state index < -0.39 is 0 Å². The molecule has 0 saturated carbocycles. The fourth-order valence-corrected chi connectivity index (χ4v) is 4.71. The smallest absolute Gasteiger partial charge is 0.318 e. The average Bonchev–Trinajstić information content (AvgIpc) is 3.24. The molecule has 0 fully saturated rings. The molecule has 2 unspecified atom stereocenters. The predicted molar refractivity (Wildman–Crippen MR) is 125 cm³/mol. The summed E-state index contributed by atoms with van der Waals surface area (Å²) in [7, 11) is 0. The van der Waals surface area contributed by atoms with Gasteiger partial charge in [-0.2, -0.15) is 0 Å². The van der Waals surface area contributed by atoms with Gasteiger partial charge in [0.05, 0.1) is 6.04 Å². The molecule has 1 aromatic carbocycles. The molecule has 1 aromatic heterocycles. The highest BCUT2D eigenvalue weighted by molar-refractivity contribution is 7.10. The molecule has 0 bridgehead atoms. The fourth-order valence-electron chi connectivity index (χ4n) is 3.78. The Labute approximate surface area is 189 Å². The fraction of sp³-hybridized carbons (Fsp3) is 0.500. The minimum absolute atomic E-state index is 0.0181. The summed E-state index contributed by atoms with van der Waals surface area (Å²) in [5.74, 6) is 0.743. The Hall–Kier alpha value is -2.54. The van der Waals surface area contributed by atoms with Crippen LogP contribution < -0.4 is 10.1 Å². The lowest BCUT2D eigenvalue weighted by Crippen LogP contribution is -2.53. The summed E-state index contributed by atoms with van der Waals surface area (Å²) in [6, 6.07) is 11.4. The van der Waals surface area contributed by atoms with Gasteiger partial charge in [-0.15, -0.1) is 11.3 Å². The Kier molecular flexibility index (Phi) is 7.96. The number of carbonyl (C=O) groups is 2. The molecule has 0 radical (unpaired) electrons. The van der Waals surface area contributed by atoms with Crippen molar-refractivity contribution >= 4 is 23.3 Å². The maximum absolute atomic E-state index is 13.4. The third-order valence-electron chi connectivity index (χ3n) is 5.67. The van der Waals surface area contributed by atoms with E-state index in [0.29, 0.717) is 13.2 Å². The number of nitrogens with one attached hydrogen (secondary N) is 1. The van der Waals surface area contributed by atoms with Crippen molar-refractivity contribution < 1.29 is 14.3 Å². The molecule has 1 N–H and O–H groups in total. The van der Waals surface area contributed by atoms with E-state index in [9.17, 15) is 9.59 Å². The van der Waals surface area contributed by atoms with Gasteiger partial charge in [-0.3, -0.25) is 4.79 Å². The number of nitrogens with zero attached hydrogens (tertiary/aromatic N) is 2. The van der Waals surface area contributed by atoms with Crippen LogP contribution in [0, 0.1) is 0 Å². The first-order chi connectivity index (χ1) is 14.9. The minimum atomic E-state index is -0.192. The number of rotatable bonds is 8. The van der Waals surface area contributed by atoms with Crippen LogP contribution >= 0.6 is 11.3 Å². The van der Waals surface area contributed by atoms with Gasteiger partial charge in [-0.1, -0.05) is 25.1 Å². The van der Waals surface area contributed by atoms with Crippen LogP contribution in [-0.2, 0) is 11.2 Å². The van der Waals surface area contributed by atoms with E-state index >= 15 is 0 Å². The second-order valence-corrected chi connectivity index (χ2v) is 9.27. The standard InChI is InChI=1S/C24H33N3O3S/c1-5-18(4)27(24(29)25-17(2)3)15-23(28)26-13-11-22-20(12-14-31-22)21(26)16-30-19-9-7-6-8-10-19/h6-10,12,14,17-18,21H,5,11,13,15-16H2,1-4H3,(H,25,29). The van der Waals surface area contributed by atoms with E-state index in [0.717, 1.165) is 24.2 Å². The van der Waals surface area contributed by atoms with Crippen LogP contribution in [0.5, 0.6) is 5.75 Å². The molecule has 2 heterocycles. The van der Waals surface area contributed by atoms with Crippen LogP contribution in [0.1, 0.15) is 50.6 Å². The zero-order valence-corrected chi connectivity index (χ0v) is 19.7. The van der Waals surface area contributed by atoms with Crippen LogP contribution in [0.4, 0.5) is 4.79 Å². The van der Waals surface area contributed by atoms with Crippen LogP contribution in [-0.4, -0.2) is 53.5 Å². The Morgan fingerprint density at radius 1 is 1.23 bits per heavy atom. The van der Waals surface area contributed by atoms with Gasteiger partial charge in [0.15, 0.2) is 0 Å². The molecule has 2 atom stereocenters. The number of hydrogen-bond donors (Lipinski definition) is 1. The summed E-state index contributed by atoms with van der Waals surface area (Å²) in [5, 5.41) is 5.01. The summed E-state index contributed by atoms with van der Waals surface area (Å²) in [6.45, 7) is 8.95. The van der Waals surface area contributed by atoms with E-state index in [4.69, 9.17) is 4.74 Å². The molecule has 3 amide bonds. The molecule has 7 heteroatoms. The van der Waals surface area contributed by atoms with Crippen molar-refractivity contribution in [2.75, 3.05) is 19.7 Å². The molecular weight excluding hydrogens is 410 g/mol. The van der Waals surface area contributed by atoms with E-state index in [2.05, 4.69) is 16.8 Å². The van der Waals surface area contributed by atoms with Gasteiger partial charge in [0.2, 0.25) is 5.91 Å². The van der Waals surface area contributed by atoms with Gasteiger partial charge in [-0.25, -0.2) is 4.79 Å². The summed E-state index contributed by atoms with van der Waals surface area (Å²) in [5.41, 5.74) is 1.15. The quantitative estimate of drug-likeness (QED) is 0.655. The van der Waals surface area contributed by atoms with Crippen LogP contribution in [0.25, 0.3) is 0 Å². The van der Waals surface area contributed by atoms with Gasteiger partial charge in [0, 0.05) is 23.5 Å². The first-order valence-corrected chi connectivity index (χ1v) is 11.9. The number of amides is 3. The van der Waals surface area contributed by atoms with Crippen molar-refractivity contribution in [1.29, 1.82) is 0 Å². The van der Waals surface area contributed by atoms with Crippen molar-refractivity contribution in [2.45, 2.75) is 58.7 Å². The van der Waals surface area contributed by atoms with Gasteiger partial charge in [-0.05, 0) is 62.8 Å². The van der Waals surface area contributed by atoms with Crippen LogP contribution in [0.3, 0.4) is 0 Å². The van der Waals surface area contributed by atoms with E-state index in [1.807, 2.05) is 62.9 Å². The van der Waals surface area contributed by atoms with Crippen molar-refractivity contribution in [2.24, 2.45) is 0 Å². The highest BCUT2D eigenvalue weighted by Crippen LogP contribution is 2.34. The largest absolute Gasteiger partial charge is 0.491 e. The highest BCUT2D eigenvalue weighted by Gasteiger charge is 2.34. The summed E-state index contributed by atoms with van der Waals surface area (Å²) in [6.07, 6.45) is 1.62. The maximum Gasteiger partial charge on any atom is 0.318 e. The molecule has 6 nitrogen and oxygen atoms in total. The zero-order valence-electron chi connectivity index (χ0n) is 18.8. The summed E-state index contributed by atoms with van der Waals surface area (Å²) >= 11 is 1.73. The second-order valence-electron chi connectivity index (χ2n) is 8.27. The van der Waals surface area contributed by atoms with Crippen molar-refractivity contribution in [3.05, 3.63) is 52.2 Å². The molecule has 0 spiro atoms. The molecule has 168 valence electrons. The maximum atomic E-state index is 13.4. The topological polar surface area (TPSA) is 61.9 Å². The molecule has 31 heavy (non-hydrogen) atoms. The number of carbonyl (C=O) groups excluding carboxylic acids is 2. The van der Waals surface area contributed by atoms with Crippen molar-refractivity contribution in [1.82, 2.24) is 15.1 Å². The minimum Gasteiger partial charge on any atom is -0.491 e. The third kappa shape index (κ3) is 5.79. The van der Waals surface area contributed by atoms with Gasteiger partial charge in [0.1, 0.15) is 18.9 Å². The van der Waals surface area contributed by atoms with E-state index in [-0.39, 0.29) is 36.6 Å². The van der Waals surface area contributed by atoms with Crippen molar-refractivity contribution in [3.8, 4) is 5.75 Å². The molecular formula is C24H33N3O3S. The lowest BCUT2D eigenvalue weighted by molar-refractivity contribution is -0.136. The number of hydrogen-bond acceptors (Lipinski definition) is 4. The van der Waals surface area contributed by atoms with Crippen LogP contribution in [0.15, 0.2) is 41.8 Å². The molecule has 0 aliphatic carbocycles. The number of urea groups is 1. The summed E-state index contributed by atoms with van der Waals surface area (Å²) in [4.78, 5) is 31.0. The van der Waals surface area contributed by atoms with E-state index in [1.165, 1.54) is 4.88 Å². The van der Waals surface area contributed by atoms with E-state index in [1.54, 1.807) is 16.2 Å². The molecule has 3 rings (SSSR count). The lowest BCUT2D eigenvalue weighted by Gasteiger charge is -2.38. The second kappa shape index (κ2) is 10.7. The predicted octanol–water partition coefficient (Wildman–Crippen LogP) is 4.47. The molecule has 2 aromatic rings. The molecule has 1 aliphatic rings. The Balaban J connectivity index is 1.77. The van der Waals surface area contributed by atoms with Gasteiger partial charge in [0.25, 0.3) is 0 Å². The number of para-hydroxylation sites is 1. The number of fused-ring (bicyclic) bond motifs is 1. The zero-order chi connectivity index (χ0) is 22.4. The number of ether oxygens (including phenoxy) is 1. The van der Waals surface area contributed by atoms with Gasteiger partial charge >= 0.3 is 6.03 Å². The Bertz CT molecular complexity index is 868.